The summed E-state index contributed by atoms with van der Waals surface area (Å²) >= 11 is 5.63. The van der Waals surface area contributed by atoms with Crippen molar-refractivity contribution in [3.05, 3.63) is 34.6 Å². The molecule has 0 aliphatic carbocycles. The summed E-state index contributed by atoms with van der Waals surface area (Å²) in [5.41, 5.74) is -0.0123. The predicted octanol–water partition coefficient (Wildman–Crippen LogP) is 2.78. The number of rotatable bonds is 4. The lowest BCUT2D eigenvalue weighted by molar-refractivity contribution is -0.141. The molecule has 0 saturated carbocycles. The highest BCUT2D eigenvalue weighted by Gasteiger charge is 2.32. The van der Waals surface area contributed by atoms with Gasteiger partial charge in [-0.2, -0.15) is 0 Å². The number of nitrogens with one attached hydrogen (secondary N) is 2. The van der Waals surface area contributed by atoms with Gasteiger partial charge in [0.25, 0.3) is 0 Å². The molecule has 0 heterocycles. The van der Waals surface area contributed by atoms with E-state index >= 15 is 0 Å². The average molecular weight is 317 g/mol. The molecule has 0 saturated heterocycles. The first kappa shape index (κ1) is 17.2. The summed E-state index contributed by atoms with van der Waals surface area (Å²) in [5, 5.41) is 14.0. The average Bonchev–Trinajstić information content (AvgIpc) is 2.35. The maximum atomic E-state index is 13.0. The molecule has 1 aromatic carbocycles. The van der Waals surface area contributed by atoms with Crippen molar-refractivity contribution < 1.29 is 19.1 Å². The third kappa shape index (κ3) is 5.23. The minimum Gasteiger partial charge on any atom is -0.480 e. The minimum atomic E-state index is -1.11. The van der Waals surface area contributed by atoms with Crippen LogP contribution in [0.3, 0.4) is 0 Å². The normalized spacial score (nSPS) is 12.6. The van der Waals surface area contributed by atoms with E-state index in [0.717, 1.165) is 0 Å². The number of hydrogen-bond donors (Lipinski definition) is 3. The van der Waals surface area contributed by atoms with Crippen molar-refractivity contribution in [1.82, 2.24) is 10.6 Å². The van der Waals surface area contributed by atoms with Crippen LogP contribution < -0.4 is 10.6 Å². The second-order valence-electron chi connectivity index (χ2n) is 5.71. The van der Waals surface area contributed by atoms with Crippen LogP contribution in [0.15, 0.2) is 18.2 Å². The molecule has 5 nitrogen and oxygen atoms in total. The van der Waals surface area contributed by atoms with Crippen molar-refractivity contribution in [2.24, 2.45) is 5.41 Å². The summed E-state index contributed by atoms with van der Waals surface area (Å²) in [7, 11) is 0. The van der Waals surface area contributed by atoms with Crippen LogP contribution in [0.2, 0.25) is 5.02 Å². The molecule has 0 aliphatic heterocycles. The van der Waals surface area contributed by atoms with E-state index in [-0.39, 0.29) is 11.6 Å². The molecule has 0 spiro atoms. The summed E-state index contributed by atoms with van der Waals surface area (Å²) in [6, 6.07) is 2.45. The van der Waals surface area contributed by atoms with Crippen LogP contribution in [0.5, 0.6) is 0 Å². The van der Waals surface area contributed by atoms with Crippen molar-refractivity contribution in [3.8, 4) is 0 Å². The first-order chi connectivity index (χ1) is 9.61. The van der Waals surface area contributed by atoms with Gasteiger partial charge >= 0.3 is 12.0 Å². The van der Waals surface area contributed by atoms with E-state index < -0.39 is 29.3 Å². The minimum absolute atomic E-state index is 0.0344. The summed E-state index contributed by atoms with van der Waals surface area (Å²) in [6.45, 7) is 5.26. The molecule has 116 valence electrons. The largest absolute Gasteiger partial charge is 0.480 e. The lowest BCUT2D eigenvalue weighted by atomic mass is 9.87. The van der Waals surface area contributed by atoms with Gasteiger partial charge < -0.3 is 15.7 Å². The lowest BCUT2D eigenvalue weighted by Crippen LogP contribution is -2.52. The third-order valence-electron chi connectivity index (χ3n) is 2.83. The molecule has 1 aromatic rings. The van der Waals surface area contributed by atoms with Crippen LogP contribution in [-0.2, 0) is 11.3 Å². The van der Waals surface area contributed by atoms with E-state index in [1.807, 2.05) is 0 Å². The van der Waals surface area contributed by atoms with Crippen LogP contribution in [0.25, 0.3) is 0 Å². The second kappa shape index (κ2) is 6.76. The maximum Gasteiger partial charge on any atom is 0.326 e. The van der Waals surface area contributed by atoms with Gasteiger partial charge in [-0.25, -0.2) is 14.0 Å². The van der Waals surface area contributed by atoms with Gasteiger partial charge in [0.05, 0.1) is 5.02 Å². The fourth-order valence-electron chi connectivity index (χ4n) is 1.66. The van der Waals surface area contributed by atoms with Gasteiger partial charge in [0.15, 0.2) is 0 Å². The number of carboxylic acid groups (broad SMARTS) is 1. The van der Waals surface area contributed by atoms with Crippen LogP contribution in [-0.4, -0.2) is 23.1 Å². The maximum absolute atomic E-state index is 13.0. The quantitative estimate of drug-likeness (QED) is 0.799. The zero-order chi connectivity index (χ0) is 16.2. The van der Waals surface area contributed by atoms with Crippen LogP contribution in [0.1, 0.15) is 26.3 Å². The van der Waals surface area contributed by atoms with Crippen molar-refractivity contribution in [2.45, 2.75) is 33.4 Å². The van der Waals surface area contributed by atoms with Crippen LogP contribution >= 0.6 is 11.6 Å². The number of carbonyl (C=O) groups excluding carboxylic acids is 1. The Labute approximate surface area is 127 Å². The van der Waals surface area contributed by atoms with E-state index in [0.29, 0.717) is 5.56 Å². The Balaban J connectivity index is 2.61. The van der Waals surface area contributed by atoms with Gasteiger partial charge in [0, 0.05) is 6.54 Å². The zero-order valence-electron chi connectivity index (χ0n) is 12.0. The smallest absolute Gasteiger partial charge is 0.326 e. The summed E-state index contributed by atoms with van der Waals surface area (Å²) in [4.78, 5) is 22.9. The van der Waals surface area contributed by atoms with Crippen molar-refractivity contribution in [2.75, 3.05) is 0 Å². The Morgan fingerprint density at radius 1 is 1.38 bits per heavy atom. The molecule has 0 aliphatic rings. The molecule has 1 rings (SSSR count). The molecular formula is C14H18ClFN2O3. The van der Waals surface area contributed by atoms with Crippen molar-refractivity contribution >= 4 is 23.6 Å². The highest BCUT2D eigenvalue weighted by atomic mass is 35.5. The van der Waals surface area contributed by atoms with Gasteiger partial charge in [0.1, 0.15) is 11.9 Å². The fraction of sp³-hybridized carbons (Fsp3) is 0.429. The molecule has 1 atom stereocenters. The third-order valence-corrected chi connectivity index (χ3v) is 3.12. The number of carbonyl (C=O) groups is 2. The summed E-state index contributed by atoms with van der Waals surface area (Å²) in [6.07, 6.45) is 0. The lowest BCUT2D eigenvalue weighted by Gasteiger charge is -2.27. The van der Waals surface area contributed by atoms with E-state index in [1.165, 1.54) is 18.2 Å². The number of amides is 2. The van der Waals surface area contributed by atoms with Gasteiger partial charge in [-0.15, -0.1) is 0 Å². The van der Waals surface area contributed by atoms with E-state index in [9.17, 15) is 14.0 Å². The highest BCUT2D eigenvalue weighted by Crippen LogP contribution is 2.19. The molecule has 0 fully saturated rings. The molecule has 2 amide bonds. The number of benzene rings is 1. The zero-order valence-corrected chi connectivity index (χ0v) is 12.8. The van der Waals surface area contributed by atoms with Crippen molar-refractivity contribution in [3.63, 3.8) is 0 Å². The number of halogens is 2. The first-order valence-electron chi connectivity index (χ1n) is 6.32. The molecule has 3 N–H and O–H groups in total. The monoisotopic (exact) mass is 316 g/mol. The Hall–Kier alpha value is -1.82. The molecular weight excluding hydrogens is 299 g/mol. The first-order valence-corrected chi connectivity index (χ1v) is 6.70. The number of aliphatic carboxylic acids is 1. The SMILES string of the molecule is CC(C)(C)C(NC(=O)NCc1ccc(F)c(Cl)c1)C(=O)O. The Morgan fingerprint density at radius 2 is 2.00 bits per heavy atom. The molecule has 7 heteroatoms. The van der Waals surface area contributed by atoms with E-state index in [1.54, 1.807) is 20.8 Å². The molecule has 0 bridgehead atoms. The molecule has 1 unspecified atom stereocenters. The van der Waals surface area contributed by atoms with Gasteiger partial charge in [-0.05, 0) is 23.1 Å². The predicted molar refractivity (Wildman–Crippen MR) is 77.7 cm³/mol. The van der Waals surface area contributed by atoms with Gasteiger partial charge in [-0.1, -0.05) is 38.4 Å². The van der Waals surface area contributed by atoms with Crippen molar-refractivity contribution in [1.29, 1.82) is 0 Å². The Bertz CT molecular complexity index is 544. The fourth-order valence-corrected chi connectivity index (χ4v) is 1.87. The van der Waals surface area contributed by atoms with Crippen LogP contribution in [0.4, 0.5) is 9.18 Å². The Kier molecular flexibility index (Phi) is 5.54. The number of hydrogen-bond acceptors (Lipinski definition) is 2. The van der Waals surface area contributed by atoms with Gasteiger partial charge in [0.2, 0.25) is 0 Å². The van der Waals surface area contributed by atoms with Gasteiger partial charge in [-0.3, -0.25) is 0 Å². The standard InChI is InChI=1S/C14H18ClFN2O3/c1-14(2,3)11(12(19)20)18-13(21)17-7-8-4-5-10(16)9(15)6-8/h4-6,11H,7H2,1-3H3,(H,19,20)(H2,17,18,21). The van der Waals surface area contributed by atoms with E-state index in [2.05, 4.69) is 10.6 Å². The summed E-state index contributed by atoms with van der Waals surface area (Å²) < 4.78 is 13.0. The number of urea groups is 1. The molecule has 0 aromatic heterocycles. The van der Waals surface area contributed by atoms with Crippen LogP contribution in [0, 0.1) is 11.2 Å². The number of carboxylic acids is 1. The molecule has 21 heavy (non-hydrogen) atoms. The second-order valence-corrected chi connectivity index (χ2v) is 6.12. The summed E-state index contributed by atoms with van der Waals surface area (Å²) in [5.74, 6) is -1.65. The van der Waals surface area contributed by atoms with E-state index in [4.69, 9.17) is 16.7 Å². The Morgan fingerprint density at radius 3 is 2.48 bits per heavy atom. The highest BCUT2D eigenvalue weighted by molar-refractivity contribution is 6.30. The molecule has 0 radical (unpaired) electrons. The topological polar surface area (TPSA) is 78.4 Å².